The minimum Gasteiger partial charge on any atom is -0.462 e. The summed E-state index contributed by atoms with van der Waals surface area (Å²) >= 11 is 0. The molecule has 1 aliphatic rings. The summed E-state index contributed by atoms with van der Waals surface area (Å²) in [5.74, 6) is 1.39. The molecule has 4 heterocycles. The number of imidazole rings is 1. The molecule has 0 aliphatic carbocycles. The van der Waals surface area contributed by atoms with E-state index in [9.17, 15) is 0 Å². The van der Waals surface area contributed by atoms with Gasteiger partial charge in [-0.3, -0.25) is 4.90 Å². The van der Waals surface area contributed by atoms with Crippen LogP contribution in [-0.4, -0.2) is 68.8 Å². The summed E-state index contributed by atoms with van der Waals surface area (Å²) in [5.41, 5.74) is 11.3. The number of anilines is 2. The van der Waals surface area contributed by atoms with E-state index in [1.54, 1.807) is 10.7 Å². The molecule has 0 atom stereocenters. The molecule has 3 aromatic heterocycles. The second-order valence-corrected chi connectivity index (χ2v) is 9.69. The number of piperazine rings is 1. The third-order valence-corrected chi connectivity index (χ3v) is 6.89. The van der Waals surface area contributed by atoms with Gasteiger partial charge >= 0.3 is 6.01 Å². The van der Waals surface area contributed by atoms with E-state index in [-0.39, 0.29) is 6.01 Å². The van der Waals surface area contributed by atoms with Gasteiger partial charge in [-0.2, -0.15) is 4.98 Å². The van der Waals surface area contributed by atoms with E-state index in [2.05, 4.69) is 75.1 Å². The number of unbranched alkanes of at least 4 members (excludes halogenated alkanes) is 1. The van der Waals surface area contributed by atoms with Gasteiger partial charge in [0.2, 0.25) is 0 Å². The van der Waals surface area contributed by atoms with Gasteiger partial charge < -0.3 is 15.4 Å². The molecule has 1 saturated heterocycles. The van der Waals surface area contributed by atoms with Gasteiger partial charge in [0.15, 0.2) is 11.5 Å². The quantitative estimate of drug-likeness (QED) is 0.330. The van der Waals surface area contributed by atoms with Crippen LogP contribution in [0.2, 0.25) is 0 Å². The second-order valence-electron chi connectivity index (χ2n) is 9.69. The first kappa shape index (κ1) is 25.0. The van der Waals surface area contributed by atoms with Crippen LogP contribution in [0, 0.1) is 6.92 Å². The van der Waals surface area contributed by atoms with Crippen LogP contribution < -0.4 is 15.4 Å². The van der Waals surface area contributed by atoms with Crippen molar-refractivity contribution in [1.29, 1.82) is 0 Å². The monoisotopic (exact) mass is 500 g/mol. The molecule has 2 N–H and O–H groups in total. The molecule has 1 aromatic carbocycles. The van der Waals surface area contributed by atoms with E-state index in [1.165, 1.54) is 11.1 Å². The lowest BCUT2D eigenvalue weighted by Gasteiger charge is -2.36. The molecule has 0 amide bonds. The molecule has 0 spiro atoms. The van der Waals surface area contributed by atoms with E-state index in [0.717, 1.165) is 69.1 Å². The highest BCUT2D eigenvalue weighted by molar-refractivity contribution is 5.60. The minimum atomic E-state index is 0.283. The molecule has 37 heavy (non-hydrogen) atoms. The SMILES string of the molecule is CCCCOc1nc(N)c2ncc(Cc3cnc(N4CCN(CCc5ccccc5)CC4)c(C)c3)n2n1. The van der Waals surface area contributed by atoms with Gasteiger partial charge in [-0.15, -0.1) is 5.10 Å². The van der Waals surface area contributed by atoms with E-state index in [4.69, 9.17) is 15.5 Å². The number of rotatable bonds is 10. The third kappa shape index (κ3) is 5.99. The van der Waals surface area contributed by atoms with Crippen molar-refractivity contribution < 1.29 is 4.74 Å². The van der Waals surface area contributed by atoms with E-state index in [0.29, 0.717) is 24.5 Å². The number of aryl methyl sites for hydroxylation is 1. The zero-order chi connectivity index (χ0) is 25.6. The summed E-state index contributed by atoms with van der Waals surface area (Å²) in [6.07, 6.45) is 7.49. The number of benzene rings is 1. The molecular formula is C28H36N8O. The van der Waals surface area contributed by atoms with Gasteiger partial charge in [0, 0.05) is 45.3 Å². The predicted molar refractivity (Wildman–Crippen MR) is 146 cm³/mol. The van der Waals surface area contributed by atoms with Crippen LogP contribution in [0.1, 0.15) is 42.1 Å². The highest BCUT2D eigenvalue weighted by Gasteiger charge is 2.20. The van der Waals surface area contributed by atoms with Crippen molar-refractivity contribution in [2.45, 2.75) is 39.5 Å². The molecule has 4 aromatic rings. The van der Waals surface area contributed by atoms with Gasteiger partial charge in [-0.25, -0.2) is 14.5 Å². The lowest BCUT2D eigenvalue weighted by molar-refractivity contribution is 0.260. The molecule has 194 valence electrons. The van der Waals surface area contributed by atoms with Crippen LogP contribution in [-0.2, 0) is 12.8 Å². The molecule has 1 fully saturated rings. The van der Waals surface area contributed by atoms with Crippen LogP contribution in [0.15, 0.2) is 48.8 Å². The number of nitrogen functional groups attached to an aromatic ring is 1. The number of ether oxygens (including phenoxy) is 1. The summed E-state index contributed by atoms with van der Waals surface area (Å²) in [6.45, 7) is 10.0. The number of hydrogen-bond acceptors (Lipinski definition) is 8. The van der Waals surface area contributed by atoms with Crippen molar-refractivity contribution in [3.8, 4) is 6.01 Å². The maximum atomic E-state index is 6.12. The Labute approximate surface area is 218 Å². The summed E-state index contributed by atoms with van der Waals surface area (Å²) in [4.78, 5) is 18.5. The van der Waals surface area contributed by atoms with Gasteiger partial charge in [0.25, 0.3) is 0 Å². The van der Waals surface area contributed by atoms with E-state index < -0.39 is 0 Å². The number of pyridine rings is 1. The van der Waals surface area contributed by atoms with Crippen molar-refractivity contribution in [1.82, 2.24) is 29.5 Å². The molecule has 0 unspecified atom stereocenters. The Morgan fingerprint density at radius 2 is 1.81 bits per heavy atom. The summed E-state index contributed by atoms with van der Waals surface area (Å²) in [7, 11) is 0. The molecule has 0 bridgehead atoms. The lowest BCUT2D eigenvalue weighted by Crippen LogP contribution is -2.47. The molecule has 9 heteroatoms. The van der Waals surface area contributed by atoms with Crippen molar-refractivity contribution in [3.63, 3.8) is 0 Å². The molecule has 0 radical (unpaired) electrons. The van der Waals surface area contributed by atoms with Gasteiger partial charge in [-0.1, -0.05) is 49.7 Å². The number of aromatic nitrogens is 5. The van der Waals surface area contributed by atoms with Gasteiger partial charge in [0.05, 0.1) is 18.5 Å². The van der Waals surface area contributed by atoms with Crippen molar-refractivity contribution >= 4 is 17.3 Å². The number of fused-ring (bicyclic) bond motifs is 1. The van der Waals surface area contributed by atoms with Gasteiger partial charge in [-0.05, 0) is 36.5 Å². The fourth-order valence-electron chi connectivity index (χ4n) is 4.80. The third-order valence-electron chi connectivity index (χ3n) is 6.89. The predicted octanol–water partition coefficient (Wildman–Crippen LogP) is 3.54. The first-order valence-corrected chi connectivity index (χ1v) is 13.2. The molecule has 5 rings (SSSR count). The Kier molecular flexibility index (Phi) is 7.79. The van der Waals surface area contributed by atoms with Gasteiger partial charge in [0.1, 0.15) is 5.82 Å². The zero-order valence-electron chi connectivity index (χ0n) is 21.8. The Morgan fingerprint density at radius 1 is 1.00 bits per heavy atom. The Bertz CT molecular complexity index is 1310. The lowest BCUT2D eigenvalue weighted by atomic mass is 10.1. The maximum Gasteiger partial charge on any atom is 0.336 e. The van der Waals surface area contributed by atoms with E-state index in [1.807, 2.05) is 6.20 Å². The largest absolute Gasteiger partial charge is 0.462 e. The van der Waals surface area contributed by atoms with Crippen LogP contribution in [0.25, 0.3) is 5.65 Å². The average molecular weight is 501 g/mol. The van der Waals surface area contributed by atoms with E-state index >= 15 is 0 Å². The van der Waals surface area contributed by atoms with Crippen LogP contribution in [0.3, 0.4) is 0 Å². The van der Waals surface area contributed by atoms with Crippen LogP contribution in [0.5, 0.6) is 6.01 Å². The minimum absolute atomic E-state index is 0.283. The van der Waals surface area contributed by atoms with Crippen LogP contribution in [0.4, 0.5) is 11.6 Å². The highest BCUT2D eigenvalue weighted by atomic mass is 16.5. The average Bonchev–Trinajstić information content (AvgIpc) is 3.32. The molecule has 1 aliphatic heterocycles. The smallest absolute Gasteiger partial charge is 0.336 e. The topological polar surface area (TPSA) is 97.7 Å². The first-order valence-electron chi connectivity index (χ1n) is 13.2. The molecule has 9 nitrogen and oxygen atoms in total. The van der Waals surface area contributed by atoms with Crippen molar-refractivity contribution in [3.05, 3.63) is 71.2 Å². The summed E-state index contributed by atoms with van der Waals surface area (Å²) < 4.78 is 7.42. The second kappa shape index (κ2) is 11.6. The Balaban J connectivity index is 1.21. The first-order chi connectivity index (χ1) is 18.1. The number of nitrogens with two attached hydrogens (primary N) is 1. The number of nitrogens with zero attached hydrogens (tertiary/aromatic N) is 7. The summed E-state index contributed by atoms with van der Waals surface area (Å²) in [6, 6.07) is 13.2. The standard InChI is InChI=1S/C28H36N8O/c1-3-4-16-37-28-32-25(29)27-31-20-24(36(27)33-28)18-23-17-21(2)26(30-19-23)35-14-12-34(13-15-35)11-10-22-8-6-5-7-9-22/h5-9,17,19-20H,3-4,10-16,18H2,1-2H3,(H2,29,32,33). The fraction of sp³-hybridized carbons (Fsp3) is 0.429. The normalized spacial score (nSPS) is 14.4. The molecule has 0 saturated carbocycles. The Hall–Kier alpha value is -3.72. The van der Waals surface area contributed by atoms with Crippen molar-refractivity contribution in [2.75, 3.05) is 50.0 Å². The number of hydrogen-bond donors (Lipinski definition) is 1. The molecular weight excluding hydrogens is 464 g/mol. The fourth-order valence-corrected chi connectivity index (χ4v) is 4.80. The maximum absolute atomic E-state index is 6.12. The Morgan fingerprint density at radius 3 is 2.57 bits per heavy atom. The summed E-state index contributed by atoms with van der Waals surface area (Å²) in [5, 5.41) is 4.53. The highest BCUT2D eigenvalue weighted by Crippen LogP contribution is 2.22. The zero-order valence-corrected chi connectivity index (χ0v) is 21.8. The van der Waals surface area contributed by atoms with Crippen LogP contribution >= 0.6 is 0 Å². The van der Waals surface area contributed by atoms with Crippen molar-refractivity contribution in [2.24, 2.45) is 0 Å².